The Balaban J connectivity index is 1.66. The molecule has 0 aliphatic carbocycles. The molecule has 278 valence electrons. The molecule has 1 heterocycles. The van der Waals surface area contributed by atoms with Gasteiger partial charge in [0, 0.05) is 51.1 Å². The summed E-state index contributed by atoms with van der Waals surface area (Å²) in [6.45, 7) is 6.42. The van der Waals surface area contributed by atoms with Gasteiger partial charge in [-0.25, -0.2) is 17.6 Å². The average molecular weight is 729 g/mol. The lowest BCUT2D eigenvalue weighted by Crippen LogP contribution is -2.48. The van der Waals surface area contributed by atoms with Gasteiger partial charge >= 0.3 is 6.03 Å². The number of amides is 3. The molecule has 3 amide bonds. The molecule has 3 aromatic rings. The Morgan fingerprint density at radius 2 is 1.75 bits per heavy atom. The molecule has 0 unspecified atom stereocenters. The zero-order valence-corrected chi connectivity index (χ0v) is 30.7. The maximum atomic E-state index is 14.6. The maximum absolute atomic E-state index is 14.6. The zero-order valence-electron chi connectivity index (χ0n) is 29.8. The van der Waals surface area contributed by atoms with Crippen LogP contribution < -0.4 is 15.4 Å². The average Bonchev–Trinajstić information content (AvgIpc) is 3.10. The first kappa shape index (κ1) is 39.7. The molecule has 0 saturated carbocycles. The van der Waals surface area contributed by atoms with Gasteiger partial charge in [0.1, 0.15) is 18.4 Å². The van der Waals surface area contributed by atoms with Crippen LogP contribution in [0.3, 0.4) is 0 Å². The first-order valence-corrected chi connectivity index (χ1v) is 18.5. The van der Waals surface area contributed by atoms with Crippen molar-refractivity contribution in [2.45, 2.75) is 63.2 Å². The predicted molar refractivity (Wildman–Crippen MR) is 193 cm³/mol. The number of benzene rings is 3. The first-order chi connectivity index (χ1) is 24.4. The second kappa shape index (κ2) is 19.0. The van der Waals surface area contributed by atoms with Gasteiger partial charge in [0.2, 0.25) is 10.0 Å². The Bertz CT molecular complexity index is 1680. The summed E-state index contributed by atoms with van der Waals surface area (Å²) in [5.74, 6) is -0.881. The van der Waals surface area contributed by atoms with Crippen molar-refractivity contribution < 1.29 is 41.3 Å². The highest BCUT2D eigenvalue weighted by Crippen LogP contribution is 2.29. The van der Waals surface area contributed by atoms with E-state index < -0.39 is 34.0 Å². The molecule has 4 rings (SSSR count). The molecule has 1 aliphatic heterocycles. The summed E-state index contributed by atoms with van der Waals surface area (Å²) in [5, 5.41) is 5.59. The van der Waals surface area contributed by atoms with Crippen LogP contribution in [0.1, 0.15) is 50.4 Å². The number of nitrogens with zero attached hydrogens (tertiary/aromatic N) is 2. The van der Waals surface area contributed by atoms with E-state index >= 15 is 0 Å². The highest BCUT2D eigenvalue weighted by molar-refractivity contribution is 7.89. The van der Waals surface area contributed by atoms with Gasteiger partial charge in [0.25, 0.3) is 5.91 Å². The number of sulfonamides is 1. The van der Waals surface area contributed by atoms with Crippen LogP contribution in [-0.4, -0.2) is 95.1 Å². The van der Waals surface area contributed by atoms with E-state index in [1.165, 1.54) is 30.6 Å². The van der Waals surface area contributed by atoms with Crippen LogP contribution >= 0.6 is 0 Å². The minimum absolute atomic E-state index is 0.00183. The number of rotatable bonds is 11. The Labute approximate surface area is 300 Å². The number of methoxy groups -OCH3 is 1. The van der Waals surface area contributed by atoms with Gasteiger partial charge in [-0.15, -0.1) is 0 Å². The molecule has 0 fully saturated rings. The lowest BCUT2D eigenvalue weighted by atomic mass is 10.0. The summed E-state index contributed by atoms with van der Waals surface area (Å²) in [4.78, 5) is 29.1. The summed E-state index contributed by atoms with van der Waals surface area (Å²) < 4.78 is 65.1. The van der Waals surface area contributed by atoms with Crippen molar-refractivity contribution >= 4 is 33.3 Å². The standard InChI is InChI=1S/C37H49FN4O8S/c1-26-22-42(27(2)24-48-25-47-5)36(43)33-21-31(40-37(44)39-30-12-7-6-8-13-30)16-19-34(33)50-28(3)11-9-10-20-49-35(26)23-41(4)51(45,46)32-17-14-29(38)15-18-32/h6-8,12-19,21,26-28,35H,9-11,20,22-25H2,1-5H3,(H2,39,40,44)/t26-,27+,28+,35+/m1/s1. The number of nitrogens with one attached hydrogen (secondary N) is 2. The quantitative estimate of drug-likeness (QED) is 0.176. The molecule has 14 heteroatoms. The Hall–Kier alpha value is -4.08. The minimum atomic E-state index is -3.96. The number of fused-ring (bicyclic) bond motifs is 1. The first-order valence-electron chi connectivity index (χ1n) is 17.0. The molecule has 3 aromatic carbocycles. The fourth-order valence-electron chi connectivity index (χ4n) is 5.71. The van der Waals surface area contributed by atoms with Crippen LogP contribution in [0, 0.1) is 11.7 Å². The Morgan fingerprint density at radius 3 is 2.45 bits per heavy atom. The molecule has 4 atom stereocenters. The van der Waals surface area contributed by atoms with Crippen molar-refractivity contribution in [1.29, 1.82) is 0 Å². The molecule has 0 spiro atoms. The van der Waals surface area contributed by atoms with Gasteiger partial charge in [-0.05, 0) is 87.7 Å². The molecule has 0 radical (unpaired) electrons. The largest absolute Gasteiger partial charge is 0.490 e. The maximum Gasteiger partial charge on any atom is 0.323 e. The number of hydrogen-bond acceptors (Lipinski definition) is 8. The molecule has 0 bridgehead atoms. The SMILES string of the molecule is COCOC[C@H](C)N1C[C@@H](C)[C@H](CN(C)S(=O)(=O)c2ccc(F)cc2)OCCCC[C@H](C)Oc2ccc(NC(=O)Nc3ccccc3)cc2C1=O. The topological polar surface area (TPSA) is 136 Å². The summed E-state index contributed by atoms with van der Waals surface area (Å²) in [6, 6.07) is 17.7. The third-order valence-electron chi connectivity index (χ3n) is 8.60. The molecule has 0 saturated heterocycles. The number of urea groups is 1. The summed E-state index contributed by atoms with van der Waals surface area (Å²) in [5.41, 5.74) is 1.24. The summed E-state index contributed by atoms with van der Waals surface area (Å²) >= 11 is 0. The number of likely N-dealkylation sites (N-methyl/N-ethyl adjacent to an activating group) is 1. The normalized spacial score (nSPS) is 19.8. The smallest absolute Gasteiger partial charge is 0.323 e. The fraction of sp³-hybridized carbons (Fsp3) is 0.459. The lowest BCUT2D eigenvalue weighted by Gasteiger charge is -2.36. The summed E-state index contributed by atoms with van der Waals surface area (Å²) in [7, 11) is -0.992. The number of ether oxygens (including phenoxy) is 4. The van der Waals surface area contributed by atoms with E-state index in [0.717, 1.165) is 18.6 Å². The van der Waals surface area contributed by atoms with E-state index in [9.17, 15) is 22.4 Å². The van der Waals surface area contributed by atoms with E-state index in [-0.39, 0.29) is 54.9 Å². The number of carbonyl (C=O) groups is 2. The highest BCUT2D eigenvalue weighted by Gasteiger charge is 2.33. The number of anilines is 2. The molecule has 51 heavy (non-hydrogen) atoms. The van der Waals surface area contributed by atoms with Gasteiger partial charge in [-0.1, -0.05) is 25.1 Å². The minimum Gasteiger partial charge on any atom is -0.490 e. The van der Waals surface area contributed by atoms with Gasteiger partial charge in [-0.2, -0.15) is 4.31 Å². The van der Waals surface area contributed by atoms with Crippen LogP contribution in [0.15, 0.2) is 77.7 Å². The number of carbonyl (C=O) groups excluding carboxylic acids is 2. The summed E-state index contributed by atoms with van der Waals surface area (Å²) in [6.07, 6.45) is 1.33. The van der Waals surface area contributed by atoms with Crippen LogP contribution in [0.4, 0.5) is 20.6 Å². The second-order valence-electron chi connectivity index (χ2n) is 12.8. The van der Waals surface area contributed by atoms with Crippen LogP contribution in [0.5, 0.6) is 5.75 Å². The van der Waals surface area contributed by atoms with Crippen molar-refractivity contribution in [2.24, 2.45) is 5.92 Å². The molecule has 2 N–H and O–H groups in total. The van der Waals surface area contributed by atoms with Crippen LogP contribution in [0.2, 0.25) is 0 Å². The van der Waals surface area contributed by atoms with Gasteiger partial charge in [0.05, 0.1) is 35.3 Å². The van der Waals surface area contributed by atoms with E-state index in [4.69, 9.17) is 18.9 Å². The third kappa shape index (κ3) is 11.5. The molecular formula is C37H49FN4O8S. The molecule has 12 nitrogen and oxygen atoms in total. The van der Waals surface area contributed by atoms with Gasteiger partial charge in [0.15, 0.2) is 0 Å². The Kier molecular flexibility index (Phi) is 14.8. The van der Waals surface area contributed by atoms with E-state index in [2.05, 4.69) is 10.6 Å². The van der Waals surface area contributed by atoms with E-state index in [1.54, 1.807) is 35.2 Å². The van der Waals surface area contributed by atoms with Crippen molar-refractivity contribution in [3.05, 3.63) is 84.2 Å². The second-order valence-corrected chi connectivity index (χ2v) is 14.8. The highest BCUT2D eigenvalue weighted by atomic mass is 32.2. The molecule has 0 aromatic heterocycles. The monoisotopic (exact) mass is 728 g/mol. The van der Waals surface area contributed by atoms with Crippen LogP contribution in [-0.2, 0) is 24.2 Å². The number of para-hydroxylation sites is 1. The van der Waals surface area contributed by atoms with Crippen molar-refractivity contribution in [1.82, 2.24) is 9.21 Å². The Morgan fingerprint density at radius 1 is 1.04 bits per heavy atom. The third-order valence-corrected chi connectivity index (χ3v) is 10.4. The van der Waals surface area contributed by atoms with Crippen molar-refractivity contribution in [3.8, 4) is 5.75 Å². The fourth-order valence-corrected chi connectivity index (χ4v) is 6.89. The predicted octanol–water partition coefficient (Wildman–Crippen LogP) is 6.21. The molecule has 1 aliphatic rings. The van der Waals surface area contributed by atoms with Crippen molar-refractivity contribution in [2.75, 3.05) is 57.9 Å². The molecular weight excluding hydrogens is 679 g/mol. The van der Waals surface area contributed by atoms with Gasteiger partial charge in [-0.3, -0.25) is 4.79 Å². The van der Waals surface area contributed by atoms with Crippen molar-refractivity contribution in [3.63, 3.8) is 0 Å². The van der Waals surface area contributed by atoms with Crippen LogP contribution in [0.25, 0.3) is 0 Å². The van der Waals surface area contributed by atoms with E-state index in [1.807, 2.05) is 39.0 Å². The van der Waals surface area contributed by atoms with E-state index in [0.29, 0.717) is 36.6 Å². The number of halogens is 1. The van der Waals surface area contributed by atoms with Gasteiger partial charge < -0.3 is 34.5 Å². The lowest BCUT2D eigenvalue weighted by molar-refractivity contribution is -0.0517. The zero-order chi connectivity index (χ0) is 37.0. The number of hydrogen-bond donors (Lipinski definition) is 2.